The number of esters is 1. The van der Waals surface area contributed by atoms with Crippen LogP contribution in [-0.4, -0.2) is 34.2 Å². The van der Waals surface area contributed by atoms with Crippen molar-refractivity contribution in [3.05, 3.63) is 27.4 Å². The van der Waals surface area contributed by atoms with E-state index < -0.39 is 24.1 Å². The van der Waals surface area contributed by atoms with Crippen LogP contribution in [0.15, 0.2) is 16.7 Å². The minimum atomic E-state index is -0.549. The Morgan fingerprint density at radius 3 is 2.55 bits per heavy atom. The minimum Gasteiger partial charge on any atom is -0.508 e. The van der Waals surface area contributed by atoms with E-state index in [9.17, 15) is 14.7 Å². The maximum absolute atomic E-state index is 11.6. The summed E-state index contributed by atoms with van der Waals surface area (Å²) in [6.45, 7) is 4.03. The lowest BCUT2D eigenvalue weighted by Gasteiger charge is -2.07. The summed E-state index contributed by atoms with van der Waals surface area (Å²) in [5.41, 5.74) is 0.416. The average molecular weight is 296 g/mol. The number of aromatic nitrogens is 1. The van der Waals surface area contributed by atoms with Gasteiger partial charge in [0, 0.05) is 11.1 Å². The summed E-state index contributed by atoms with van der Waals surface area (Å²) >= 11 is 1.43. The van der Waals surface area contributed by atoms with E-state index in [-0.39, 0.29) is 17.7 Å². The number of ether oxygens (including phenoxy) is 1. The maximum atomic E-state index is 11.6. The zero-order chi connectivity index (χ0) is 15.3. The van der Waals surface area contributed by atoms with Crippen LogP contribution < -0.4 is 0 Å². The second-order valence-electron chi connectivity index (χ2n) is 4.20. The number of thiazole rings is 1. The number of carbonyl (C=O) groups is 2. The summed E-state index contributed by atoms with van der Waals surface area (Å²) < 4.78 is 4.87. The highest BCUT2D eigenvalue weighted by molar-refractivity contribution is 7.09. The molecule has 0 amide bonds. The number of Topliss-reactive ketones (excluding diaryl/α,β-unsaturated/α-hetero) is 1. The summed E-state index contributed by atoms with van der Waals surface area (Å²) in [6.07, 6.45) is 0.0105. The largest absolute Gasteiger partial charge is 0.508 e. The molecule has 7 heteroatoms. The van der Waals surface area contributed by atoms with Crippen LogP contribution in [0.5, 0.6) is 0 Å². The zero-order valence-electron chi connectivity index (χ0n) is 11.5. The van der Waals surface area contributed by atoms with E-state index in [0.29, 0.717) is 5.69 Å². The van der Waals surface area contributed by atoms with Crippen molar-refractivity contribution in [2.45, 2.75) is 27.2 Å². The standard InChI is InChI=1S/C13H16N2O4S/c1-7(14)13(8(2)16)11(17)5-19-12(18)4-10-6-20-9(3)15-10/h6,14,17H,4-5H2,1-3H3/b13-11+,14-7?. The number of aryl methyl sites for hydroxylation is 1. The van der Waals surface area contributed by atoms with Crippen molar-refractivity contribution >= 4 is 28.8 Å². The highest BCUT2D eigenvalue weighted by atomic mass is 32.1. The monoisotopic (exact) mass is 296 g/mol. The van der Waals surface area contributed by atoms with Gasteiger partial charge in [0.1, 0.15) is 12.4 Å². The quantitative estimate of drug-likeness (QED) is 0.362. The van der Waals surface area contributed by atoms with Crippen molar-refractivity contribution in [3.63, 3.8) is 0 Å². The second kappa shape index (κ2) is 6.95. The molecule has 0 aliphatic heterocycles. The fraction of sp³-hybridized carbons (Fsp3) is 0.385. The lowest BCUT2D eigenvalue weighted by atomic mass is 10.1. The molecular weight excluding hydrogens is 280 g/mol. The van der Waals surface area contributed by atoms with Crippen molar-refractivity contribution in [2.24, 2.45) is 0 Å². The molecule has 1 aromatic heterocycles. The summed E-state index contributed by atoms with van der Waals surface area (Å²) in [6, 6.07) is 0. The summed E-state index contributed by atoms with van der Waals surface area (Å²) in [5, 5.41) is 19.7. The van der Waals surface area contributed by atoms with Gasteiger partial charge in [0.2, 0.25) is 0 Å². The third-order valence-corrected chi connectivity index (χ3v) is 3.20. The third kappa shape index (κ3) is 4.58. The first-order valence-electron chi connectivity index (χ1n) is 5.86. The molecule has 0 fully saturated rings. The van der Waals surface area contributed by atoms with E-state index in [1.807, 2.05) is 6.92 Å². The molecule has 0 atom stereocenters. The number of nitrogens with one attached hydrogen (secondary N) is 1. The van der Waals surface area contributed by atoms with Gasteiger partial charge in [-0.3, -0.25) is 9.59 Å². The van der Waals surface area contributed by atoms with Gasteiger partial charge in [0.25, 0.3) is 0 Å². The number of nitrogens with zero attached hydrogens (tertiary/aromatic N) is 1. The Hall–Kier alpha value is -2.02. The molecule has 1 rings (SSSR count). The van der Waals surface area contributed by atoms with Gasteiger partial charge in [0.05, 0.1) is 22.7 Å². The van der Waals surface area contributed by atoms with Gasteiger partial charge in [-0.1, -0.05) is 0 Å². The van der Waals surface area contributed by atoms with Gasteiger partial charge < -0.3 is 15.3 Å². The maximum Gasteiger partial charge on any atom is 0.312 e. The molecule has 108 valence electrons. The zero-order valence-corrected chi connectivity index (χ0v) is 12.3. The number of rotatable bonds is 6. The number of carbonyl (C=O) groups excluding carboxylic acids is 2. The van der Waals surface area contributed by atoms with Gasteiger partial charge in [-0.05, 0) is 20.8 Å². The van der Waals surface area contributed by atoms with E-state index in [0.717, 1.165) is 5.01 Å². The van der Waals surface area contributed by atoms with Crippen LogP contribution in [0.25, 0.3) is 0 Å². The van der Waals surface area contributed by atoms with Crippen molar-refractivity contribution in [3.8, 4) is 0 Å². The van der Waals surface area contributed by atoms with Crippen molar-refractivity contribution in [1.29, 1.82) is 5.41 Å². The first-order valence-corrected chi connectivity index (χ1v) is 6.74. The molecule has 0 saturated carbocycles. The Bertz CT molecular complexity index is 559. The molecule has 0 unspecified atom stereocenters. The molecule has 1 aromatic rings. The van der Waals surface area contributed by atoms with Crippen molar-refractivity contribution in [1.82, 2.24) is 4.98 Å². The second-order valence-corrected chi connectivity index (χ2v) is 5.26. The van der Waals surface area contributed by atoms with Crippen molar-refractivity contribution < 1.29 is 19.4 Å². The Morgan fingerprint density at radius 1 is 1.45 bits per heavy atom. The smallest absolute Gasteiger partial charge is 0.312 e. The topological polar surface area (TPSA) is 100 Å². The first kappa shape index (κ1) is 16.0. The van der Waals surface area contributed by atoms with E-state index >= 15 is 0 Å². The summed E-state index contributed by atoms with van der Waals surface area (Å²) in [5.74, 6) is -1.40. The molecule has 0 aliphatic rings. The van der Waals surface area contributed by atoms with Gasteiger partial charge in [0.15, 0.2) is 5.78 Å². The van der Waals surface area contributed by atoms with Gasteiger partial charge >= 0.3 is 5.97 Å². The van der Waals surface area contributed by atoms with Crippen LogP contribution in [0.3, 0.4) is 0 Å². The SMILES string of the molecule is CC(=N)/C(C(C)=O)=C(\O)COC(=O)Cc1csc(C)n1. The average Bonchev–Trinajstić information content (AvgIpc) is 2.71. The van der Waals surface area contributed by atoms with Crippen LogP contribution in [0.4, 0.5) is 0 Å². The number of hydrogen-bond acceptors (Lipinski definition) is 7. The van der Waals surface area contributed by atoms with Gasteiger partial charge in [-0.15, -0.1) is 11.3 Å². The number of ketones is 1. The predicted octanol–water partition coefficient (Wildman–Crippen LogP) is 1.98. The lowest BCUT2D eigenvalue weighted by molar-refractivity contribution is -0.142. The lowest BCUT2D eigenvalue weighted by Crippen LogP contribution is -2.16. The highest BCUT2D eigenvalue weighted by Gasteiger charge is 2.15. The predicted molar refractivity (Wildman–Crippen MR) is 75.3 cm³/mol. The Balaban J connectivity index is 2.62. The Morgan fingerprint density at radius 2 is 2.10 bits per heavy atom. The van der Waals surface area contributed by atoms with Crippen molar-refractivity contribution in [2.75, 3.05) is 6.61 Å². The third-order valence-electron chi connectivity index (χ3n) is 2.38. The van der Waals surface area contributed by atoms with E-state index in [1.165, 1.54) is 25.2 Å². The molecule has 0 saturated heterocycles. The van der Waals surface area contributed by atoms with Crippen LogP contribution >= 0.6 is 11.3 Å². The van der Waals surface area contributed by atoms with Gasteiger partial charge in [-0.2, -0.15) is 0 Å². The number of aliphatic hydroxyl groups excluding tert-OH is 1. The number of aliphatic hydroxyl groups is 1. The van der Waals surface area contributed by atoms with Crippen LogP contribution in [0.2, 0.25) is 0 Å². The van der Waals surface area contributed by atoms with Crippen LogP contribution in [0, 0.1) is 12.3 Å². The Kier molecular flexibility index (Phi) is 5.57. The molecule has 0 bridgehead atoms. The molecule has 2 N–H and O–H groups in total. The number of hydrogen-bond donors (Lipinski definition) is 2. The molecular formula is C13H16N2O4S. The normalized spacial score (nSPS) is 11.8. The molecule has 0 radical (unpaired) electrons. The molecule has 0 aromatic carbocycles. The van der Waals surface area contributed by atoms with E-state index in [1.54, 1.807) is 5.38 Å². The fourth-order valence-electron chi connectivity index (χ4n) is 1.59. The van der Waals surface area contributed by atoms with E-state index in [2.05, 4.69) is 4.98 Å². The van der Waals surface area contributed by atoms with Gasteiger partial charge in [-0.25, -0.2) is 4.98 Å². The molecule has 0 spiro atoms. The molecule has 1 heterocycles. The molecule has 0 aliphatic carbocycles. The van der Waals surface area contributed by atoms with Crippen LogP contribution in [-0.2, 0) is 20.7 Å². The summed E-state index contributed by atoms with van der Waals surface area (Å²) in [7, 11) is 0. The highest BCUT2D eigenvalue weighted by Crippen LogP contribution is 2.10. The molecule has 6 nitrogen and oxygen atoms in total. The van der Waals surface area contributed by atoms with Crippen LogP contribution in [0.1, 0.15) is 24.5 Å². The number of allylic oxidation sites excluding steroid dienone is 1. The fourth-order valence-corrected chi connectivity index (χ4v) is 2.21. The molecule has 20 heavy (non-hydrogen) atoms. The first-order chi connectivity index (χ1) is 9.31. The minimum absolute atomic E-state index is 0.0105. The Labute approximate surface area is 120 Å². The summed E-state index contributed by atoms with van der Waals surface area (Å²) in [4.78, 5) is 26.9. The van der Waals surface area contributed by atoms with E-state index in [4.69, 9.17) is 10.1 Å².